The van der Waals surface area contributed by atoms with E-state index in [0.717, 1.165) is 5.56 Å². The monoisotopic (exact) mass is 318 g/mol. The van der Waals surface area contributed by atoms with E-state index in [0.29, 0.717) is 11.1 Å². The number of aromatic hydroxyl groups is 1. The molecular formula is C16H22N4O3. The molecule has 23 heavy (non-hydrogen) atoms. The van der Waals surface area contributed by atoms with Gasteiger partial charge in [-0.25, -0.2) is 10.9 Å². The zero-order chi connectivity index (χ0) is 17.6. The molecule has 3 N–H and O–H groups in total. The predicted octanol–water partition coefficient (Wildman–Crippen LogP) is 1.63. The fourth-order valence-electron chi connectivity index (χ4n) is 1.70. The number of rotatable bonds is 4. The quantitative estimate of drug-likeness (QED) is 0.580. The highest BCUT2D eigenvalue weighted by Crippen LogP contribution is 2.29. The van der Waals surface area contributed by atoms with Crippen LogP contribution in [0, 0.1) is 0 Å². The van der Waals surface area contributed by atoms with Gasteiger partial charge in [0.25, 0.3) is 0 Å². The highest BCUT2D eigenvalue weighted by Gasteiger charge is 2.17. The van der Waals surface area contributed by atoms with Crippen molar-refractivity contribution in [3.8, 4) is 5.75 Å². The summed E-state index contributed by atoms with van der Waals surface area (Å²) >= 11 is 0. The Labute approximate surface area is 135 Å². The Morgan fingerprint density at radius 1 is 1.00 bits per heavy atom. The zero-order valence-corrected chi connectivity index (χ0v) is 14.0. The van der Waals surface area contributed by atoms with Crippen LogP contribution in [0.4, 0.5) is 0 Å². The molecule has 7 heteroatoms. The average Bonchev–Trinajstić information content (AvgIpc) is 2.40. The Morgan fingerprint density at radius 2 is 1.39 bits per heavy atom. The van der Waals surface area contributed by atoms with Crippen LogP contribution in [0.2, 0.25) is 0 Å². The third-order valence-electron chi connectivity index (χ3n) is 2.89. The number of carbonyl (C=O) groups excluding carboxylic acids is 2. The molecule has 0 aliphatic carbocycles. The number of amides is 2. The van der Waals surface area contributed by atoms with E-state index in [1.807, 2.05) is 20.8 Å². The van der Waals surface area contributed by atoms with Crippen LogP contribution in [0.1, 0.15) is 51.3 Å². The smallest absolute Gasteiger partial charge is 0.236 e. The van der Waals surface area contributed by atoms with Crippen molar-refractivity contribution in [3.05, 3.63) is 28.8 Å². The maximum Gasteiger partial charge on any atom is 0.236 e. The van der Waals surface area contributed by atoms with E-state index in [1.165, 1.54) is 26.3 Å². The Morgan fingerprint density at radius 3 is 1.70 bits per heavy atom. The van der Waals surface area contributed by atoms with E-state index in [4.69, 9.17) is 0 Å². The molecule has 1 aromatic carbocycles. The molecular weight excluding hydrogens is 296 g/mol. The average molecular weight is 318 g/mol. The summed E-state index contributed by atoms with van der Waals surface area (Å²) < 4.78 is 0. The molecule has 0 aliphatic rings. The fraction of sp³-hybridized carbons (Fsp3) is 0.375. The molecule has 0 aromatic heterocycles. The lowest BCUT2D eigenvalue weighted by Gasteiger charge is -2.21. The van der Waals surface area contributed by atoms with Crippen LogP contribution in [-0.4, -0.2) is 29.4 Å². The molecule has 0 spiro atoms. The summed E-state index contributed by atoms with van der Waals surface area (Å²) in [6, 6.07) is 3.58. The third kappa shape index (κ3) is 5.90. The van der Waals surface area contributed by atoms with Gasteiger partial charge < -0.3 is 5.11 Å². The van der Waals surface area contributed by atoms with E-state index in [2.05, 4.69) is 21.1 Å². The van der Waals surface area contributed by atoms with Crippen molar-refractivity contribution >= 4 is 24.2 Å². The molecule has 1 aromatic rings. The normalized spacial score (nSPS) is 11.9. The fourth-order valence-corrected chi connectivity index (χ4v) is 1.70. The second-order valence-corrected chi connectivity index (χ2v) is 6.11. The molecule has 7 nitrogen and oxygen atoms in total. The Balaban J connectivity index is 3.28. The minimum absolute atomic E-state index is 0.0406. The number of phenolic OH excluding ortho intramolecular Hbond substituents is 1. The van der Waals surface area contributed by atoms with E-state index in [1.54, 1.807) is 12.1 Å². The Kier molecular flexibility index (Phi) is 6.01. The Bertz CT molecular complexity index is 611. The van der Waals surface area contributed by atoms with E-state index in [-0.39, 0.29) is 23.0 Å². The first kappa shape index (κ1) is 18.3. The molecule has 1 rings (SSSR count). The molecule has 0 saturated carbocycles. The van der Waals surface area contributed by atoms with E-state index >= 15 is 0 Å². The lowest BCUT2D eigenvalue weighted by Crippen LogP contribution is -2.15. The van der Waals surface area contributed by atoms with Crippen molar-refractivity contribution in [2.75, 3.05) is 0 Å². The van der Waals surface area contributed by atoms with Crippen LogP contribution >= 0.6 is 0 Å². The lowest BCUT2D eigenvalue weighted by atomic mass is 9.85. The maximum atomic E-state index is 10.9. The highest BCUT2D eigenvalue weighted by atomic mass is 16.3. The molecule has 0 heterocycles. The maximum absolute atomic E-state index is 10.9. The molecule has 0 bridgehead atoms. The first-order chi connectivity index (χ1) is 10.6. The second kappa shape index (κ2) is 7.53. The van der Waals surface area contributed by atoms with E-state index < -0.39 is 0 Å². The predicted molar refractivity (Wildman–Crippen MR) is 89.6 cm³/mol. The summed E-state index contributed by atoms with van der Waals surface area (Å²) in [5, 5.41) is 17.9. The van der Waals surface area contributed by atoms with Crippen molar-refractivity contribution < 1.29 is 14.7 Å². The standard InChI is InChI=1S/C16H22N4O3/c1-10(21)19-17-8-12-6-14(16(3,4)5)7-13(15(12)23)9-18-20-11(2)22/h6-9,23H,1-5H3,(H,19,21)(H,20,22). The zero-order valence-electron chi connectivity index (χ0n) is 14.0. The number of hydrogen-bond donors (Lipinski definition) is 3. The molecule has 0 radical (unpaired) electrons. The van der Waals surface area contributed by atoms with Gasteiger partial charge in [-0.2, -0.15) is 10.2 Å². The molecule has 124 valence electrons. The van der Waals surface area contributed by atoms with Crippen molar-refractivity contribution in [1.82, 2.24) is 10.9 Å². The lowest BCUT2D eigenvalue weighted by molar-refractivity contribution is -0.119. The van der Waals surface area contributed by atoms with Crippen LogP contribution < -0.4 is 10.9 Å². The van der Waals surface area contributed by atoms with Crippen molar-refractivity contribution in [2.24, 2.45) is 10.2 Å². The van der Waals surface area contributed by atoms with Crippen LogP contribution in [0.15, 0.2) is 22.3 Å². The third-order valence-corrected chi connectivity index (χ3v) is 2.89. The van der Waals surface area contributed by atoms with Gasteiger partial charge in [0.2, 0.25) is 11.8 Å². The van der Waals surface area contributed by atoms with E-state index in [9.17, 15) is 14.7 Å². The first-order valence-corrected chi connectivity index (χ1v) is 7.08. The Hall–Kier alpha value is -2.70. The largest absolute Gasteiger partial charge is 0.507 e. The summed E-state index contributed by atoms with van der Waals surface area (Å²) in [7, 11) is 0. The number of hydrogen-bond acceptors (Lipinski definition) is 5. The summed E-state index contributed by atoms with van der Waals surface area (Å²) in [5.74, 6) is -0.651. The van der Waals surface area contributed by atoms with Crippen LogP contribution in [-0.2, 0) is 15.0 Å². The summed E-state index contributed by atoms with van der Waals surface area (Å²) in [6.45, 7) is 8.77. The van der Waals surface area contributed by atoms with Crippen molar-refractivity contribution in [3.63, 3.8) is 0 Å². The van der Waals surface area contributed by atoms with Gasteiger partial charge >= 0.3 is 0 Å². The van der Waals surface area contributed by atoms with Crippen LogP contribution in [0.3, 0.4) is 0 Å². The molecule has 0 aliphatic heterocycles. The number of hydrazone groups is 2. The summed E-state index contributed by atoms with van der Waals surface area (Å²) in [5.41, 5.74) is 6.23. The van der Waals surface area contributed by atoms with Gasteiger partial charge in [-0.05, 0) is 23.1 Å². The SMILES string of the molecule is CC(=O)NN=Cc1cc(C(C)(C)C)cc(C=NNC(C)=O)c1O. The van der Waals surface area contributed by atoms with Gasteiger partial charge in [0.15, 0.2) is 0 Å². The van der Waals surface area contributed by atoms with Gasteiger partial charge in [-0.1, -0.05) is 20.8 Å². The van der Waals surface area contributed by atoms with Gasteiger partial charge in [0, 0.05) is 25.0 Å². The van der Waals surface area contributed by atoms with Crippen molar-refractivity contribution in [1.29, 1.82) is 0 Å². The number of benzene rings is 1. The summed E-state index contributed by atoms with van der Waals surface area (Å²) in [6.07, 6.45) is 2.73. The minimum atomic E-state index is -0.305. The molecule has 0 saturated heterocycles. The van der Waals surface area contributed by atoms with Crippen molar-refractivity contribution in [2.45, 2.75) is 40.0 Å². The summed E-state index contributed by atoms with van der Waals surface area (Å²) in [4.78, 5) is 21.7. The number of nitrogens with zero attached hydrogens (tertiary/aromatic N) is 2. The number of carbonyl (C=O) groups is 2. The van der Waals surface area contributed by atoms with Gasteiger partial charge in [0.05, 0.1) is 12.4 Å². The van der Waals surface area contributed by atoms with Gasteiger partial charge in [-0.15, -0.1) is 0 Å². The molecule has 0 unspecified atom stereocenters. The number of nitrogens with one attached hydrogen (secondary N) is 2. The molecule has 0 atom stereocenters. The molecule has 0 fully saturated rings. The minimum Gasteiger partial charge on any atom is -0.507 e. The van der Waals surface area contributed by atoms with Gasteiger partial charge in [0.1, 0.15) is 5.75 Å². The highest BCUT2D eigenvalue weighted by molar-refractivity contribution is 5.93. The molecule has 2 amide bonds. The second-order valence-electron chi connectivity index (χ2n) is 6.11. The van der Waals surface area contributed by atoms with Crippen LogP contribution in [0.25, 0.3) is 0 Å². The van der Waals surface area contributed by atoms with Gasteiger partial charge in [-0.3, -0.25) is 9.59 Å². The number of phenols is 1. The first-order valence-electron chi connectivity index (χ1n) is 7.08. The topological polar surface area (TPSA) is 103 Å². The van der Waals surface area contributed by atoms with Crippen LogP contribution in [0.5, 0.6) is 5.75 Å².